The second kappa shape index (κ2) is 9.73. The molecule has 0 spiro atoms. The summed E-state index contributed by atoms with van der Waals surface area (Å²) in [5.41, 5.74) is 2.02. The van der Waals surface area contributed by atoms with E-state index in [1.807, 2.05) is 7.05 Å². The smallest absolute Gasteiger partial charge is 0.310 e. The number of phenolic OH excluding ortho intramolecular Hbond substituents is 1. The molecule has 4 atom stereocenters. The average molecular weight is 562 g/mol. The van der Waals surface area contributed by atoms with Gasteiger partial charge in [0.25, 0.3) is 10.2 Å². The van der Waals surface area contributed by atoms with Crippen LogP contribution in [0.5, 0.6) is 28.7 Å². The first-order valence-electron chi connectivity index (χ1n) is 12.7. The number of ether oxygens (including phenoxy) is 5. The van der Waals surface area contributed by atoms with Gasteiger partial charge in [0.2, 0.25) is 12.5 Å². The molecule has 210 valence electrons. The number of esters is 1. The molecular formula is C26H31N3O9S. The Morgan fingerprint density at radius 2 is 1.56 bits per heavy atom. The van der Waals surface area contributed by atoms with Gasteiger partial charge in [0, 0.05) is 38.0 Å². The van der Waals surface area contributed by atoms with E-state index in [9.17, 15) is 18.3 Å². The predicted octanol–water partition coefficient (Wildman–Crippen LogP) is 1.20. The summed E-state index contributed by atoms with van der Waals surface area (Å²) < 4.78 is 59.2. The highest BCUT2D eigenvalue weighted by molar-refractivity contribution is 7.87. The minimum Gasteiger partial charge on any atom is -0.502 e. The van der Waals surface area contributed by atoms with E-state index < -0.39 is 40.0 Å². The molecule has 6 rings (SSSR count). The van der Waals surface area contributed by atoms with Crippen molar-refractivity contribution >= 4 is 16.2 Å². The summed E-state index contributed by atoms with van der Waals surface area (Å²) >= 11 is 0. The number of nitrogens with zero attached hydrogens (tertiary/aromatic N) is 2. The van der Waals surface area contributed by atoms with Gasteiger partial charge in [-0.15, -0.1) is 0 Å². The van der Waals surface area contributed by atoms with Crippen molar-refractivity contribution in [3.05, 3.63) is 41.0 Å². The number of fused-ring (bicyclic) bond motifs is 3. The largest absolute Gasteiger partial charge is 0.502 e. The fourth-order valence-electron chi connectivity index (χ4n) is 6.07. The van der Waals surface area contributed by atoms with Crippen LogP contribution in [0.1, 0.15) is 28.7 Å². The Hall–Kier alpha value is -3.26. The van der Waals surface area contributed by atoms with Crippen LogP contribution in [0.4, 0.5) is 0 Å². The van der Waals surface area contributed by atoms with E-state index in [1.54, 1.807) is 24.3 Å². The van der Waals surface area contributed by atoms with Crippen LogP contribution in [0.25, 0.3) is 0 Å². The van der Waals surface area contributed by atoms with Gasteiger partial charge in [-0.25, -0.2) is 0 Å². The standard InChI is InChI=1S/C26H31N3O9S/c1-28-4-6-29(7-5-28)39(32,33)27-24-16-11-19-18(37-13-38-19)10-15(16)22(23-17(24)12-36-26(23)31)14-8-20(34-2)25(30)21(9-14)35-3/h8-11,17,22-24,27,30H,4-7,12-13H2,1-3H3/t17-,22+,23-,24?/m0/s1. The molecule has 0 radical (unpaired) electrons. The highest BCUT2D eigenvalue weighted by Crippen LogP contribution is 2.55. The third kappa shape index (κ3) is 4.33. The summed E-state index contributed by atoms with van der Waals surface area (Å²) in [6.45, 7) is 2.08. The van der Waals surface area contributed by atoms with Crippen molar-refractivity contribution in [2.75, 3.05) is 60.8 Å². The van der Waals surface area contributed by atoms with Crippen molar-refractivity contribution < 1.29 is 42.0 Å². The highest BCUT2D eigenvalue weighted by atomic mass is 32.2. The Morgan fingerprint density at radius 1 is 0.949 bits per heavy atom. The number of hydrogen-bond donors (Lipinski definition) is 2. The summed E-state index contributed by atoms with van der Waals surface area (Å²) in [7, 11) is 0.935. The Bertz CT molecular complexity index is 1380. The van der Waals surface area contributed by atoms with Gasteiger partial charge in [-0.2, -0.15) is 17.4 Å². The Kier molecular flexibility index (Phi) is 6.49. The highest BCUT2D eigenvalue weighted by Gasteiger charge is 2.53. The molecule has 3 heterocycles. The van der Waals surface area contributed by atoms with Gasteiger partial charge in [0.15, 0.2) is 23.0 Å². The van der Waals surface area contributed by atoms with Gasteiger partial charge in [0.1, 0.15) is 0 Å². The molecule has 1 unspecified atom stereocenters. The summed E-state index contributed by atoms with van der Waals surface area (Å²) in [5.74, 6) is -0.970. The summed E-state index contributed by atoms with van der Waals surface area (Å²) in [4.78, 5) is 15.4. The molecule has 2 aromatic rings. The lowest BCUT2D eigenvalue weighted by Crippen LogP contribution is -2.53. The van der Waals surface area contributed by atoms with Gasteiger partial charge in [-0.1, -0.05) is 0 Å². The molecule has 3 aliphatic heterocycles. The molecule has 2 aromatic carbocycles. The van der Waals surface area contributed by atoms with Gasteiger partial charge in [-0.05, 0) is 48.0 Å². The maximum absolute atomic E-state index is 13.6. The topological polar surface area (TPSA) is 136 Å². The third-order valence-electron chi connectivity index (χ3n) is 8.13. The maximum Gasteiger partial charge on any atom is 0.310 e. The number of phenols is 1. The zero-order valence-electron chi connectivity index (χ0n) is 21.9. The Labute approximate surface area is 226 Å². The number of rotatable bonds is 6. The number of nitrogens with one attached hydrogen (secondary N) is 1. The van der Waals surface area contributed by atoms with Crippen molar-refractivity contribution in [3.8, 4) is 28.7 Å². The molecule has 0 aromatic heterocycles. The zero-order chi connectivity index (χ0) is 27.5. The van der Waals surface area contributed by atoms with Gasteiger partial charge >= 0.3 is 5.97 Å². The molecule has 4 aliphatic rings. The number of piperazine rings is 1. The minimum absolute atomic E-state index is 0.0380. The van der Waals surface area contributed by atoms with Crippen LogP contribution in [0.2, 0.25) is 0 Å². The van der Waals surface area contributed by atoms with E-state index in [0.29, 0.717) is 54.4 Å². The van der Waals surface area contributed by atoms with Crippen LogP contribution in [-0.4, -0.2) is 89.5 Å². The van der Waals surface area contributed by atoms with Crippen molar-refractivity contribution in [1.29, 1.82) is 0 Å². The molecule has 2 N–H and O–H groups in total. The minimum atomic E-state index is -3.88. The normalized spacial score (nSPS) is 26.6. The van der Waals surface area contributed by atoms with Crippen molar-refractivity contribution in [1.82, 2.24) is 13.9 Å². The van der Waals surface area contributed by atoms with E-state index in [-0.39, 0.29) is 30.6 Å². The van der Waals surface area contributed by atoms with E-state index in [0.717, 1.165) is 0 Å². The zero-order valence-corrected chi connectivity index (χ0v) is 22.7. The van der Waals surface area contributed by atoms with Gasteiger partial charge in [0.05, 0.1) is 32.8 Å². The van der Waals surface area contributed by atoms with Crippen LogP contribution in [0, 0.1) is 11.8 Å². The number of hydrogen-bond acceptors (Lipinski definition) is 10. The number of cyclic esters (lactones) is 1. The lowest BCUT2D eigenvalue weighted by Gasteiger charge is -2.40. The monoisotopic (exact) mass is 561 g/mol. The first-order valence-corrected chi connectivity index (χ1v) is 14.2. The molecular weight excluding hydrogens is 530 g/mol. The number of benzene rings is 2. The molecule has 2 saturated heterocycles. The van der Waals surface area contributed by atoms with Crippen LogP contribution in [0.15, 0.2) is 24.3 Å². The van der Waals surface area contributed by atoms with Crippen LogP contribution < -0.4 is 23.7 Å². The van der Waals surface area contributed by atoms with E-state index in [4.69, 9.17) is 23.7 Å². The second-order valence-corrected chi connectivity index (χ2v) is 11.9. The van der Waals surface area contributed by atoms with Crippen molar-refractivity contribution in [2.24, 2.45) is 11.8 Å². The Morgan fingerprint density at radius 3 is 2.18 bits per heavy atom. The molecule has 39 heavy (non-hydrogen) atoms. The van der Waals surface area contributed by atoms with Crippen LogP contribution >= 0.6 is 0 Å². The van der Waals surface area contributed by atoms with Crippen molar-refractivity contribution in [2.45, 2.75) is 12.0 Å². The molecule has 1 aliphatic carbocycles. The summed E-state index contributed by atoms with van der Waals surface area (Å²) in [5, 5.41) is 10.5. The first-order chi connectivity index (χ1) is 18.7. The van der Waals surface area contributed by atoms with E-state index in [2.05, 4.69) is 9.62 Å². The number of likely N-dealkylation sites (N-methyl/N-ethyl adjacent to an activating group) is 1. The number of aromatic hydroxyl groups is 1. The lowest BCUT2D eigenvalue weighted by atomic mass is 9.65. The fourth-order valence-corrected chi connectivity index (χ4v) is 7.49. The average Bonchev–Trinajstić information content (AvgIpc) is 3.54. The molecule has 0 saturated carbocycles. The number of carbonyl (C=O) groups is 1. The van der Waals surface area contributed by atoms with Crippen LogP contribution in [0.3, 0.4) is 0 Å². The molecule has 0 amide bonds. The predicted molar refractivity (Wildman–Crippen MR) is 137 cm³/mol. The van der Waals surface area contributed by atoms with E-state index in [1.165, 1.54) is 18.5 Å². The summed E-state index contributed by atoms with van der Waals surface area (Å²) in [6, 6.07) is 6.17. The lowest BCUT2D eigenvalue weighted by molar-refractivity contribution is -0.141. The molecule has 13 heteroatoms. The molecule has 2 fully saturated rings. The number of methoxy groups -OCH3 is 2. The maximum atomic E-state index is 13.6. The van der Waals surface area contributed by atoms with Gasteiger partial charge in [-0.3, -0.25) is 4.79 Å². The summed E-state index contributed by atoms with van der Waals surface area (Å²) in [6.07, 6.45) is 0. The number of carbonyl (C=O) groups excluding carboxylic acids is 1. The van der Waals surface area contributed by atoms with Crippen molar-refractivity contribution in [3.63, 3.8) is 0 Å². The molecule has 0 bridgehead atoms. The van der Waals surface area contributed by atoms with Gasteiger partial charge < -0.3 is 33.7 Å². The SMILES string of the molecule is COc1cc([C@@H]2c3cc4c(cc3C(NS(=O)(=O)N3CCN(C)CC3)[C@H]3COC(=O)[C@H]23)OCO4)cc(OC)c1O. The quantitative estimate of drug-likeness (QED) is 0.495. The molecule has 12 nitrogen and oxygen atoms in total. The Balaban J connectivity index is 1.49. The first kappa shape index (κ1) is 26.0. The van der Waals surface area contributed by atoms with Crippen LogP contribution in [-0.2, 0) is 19.7 Å². The van der Waals surface area contributed by atoms with E-state index >= 15 is 0 Å². The fraction of sp³-hybridized carbons (Fsp3) is 0.500. The third-order valence-corrected chi connectivity index (χ3v) is 9.72. The second-order valence-electron chi connectivity index (χ2n) is 10.2.